The van der Waals surface area contributed by atoms with Crippen LogP contribution in [0.2, 0.25) is 0 Å². The van der Waals surface area contributed by atoms with Crippen LogP contribution in [-0.2, 0) is 6.42 Å². The van der Waals surface area contributed by atoms with Gasteiger partial charge >= 0.3 is 0 Å². The molecule has 0 unspecified atom stereocenters. The molecule has 0 radical (unpaired) electrons. The Bertz CT molecular complexity index is 430. The molecule has 1 nitrogen and oxygen atoms in total. The molecule has 0 saturated heterocycles. The Balaban J connectivity index is 2.08. The Labute approximate surface area is 101 Å². The van der Waals surface area contributed by atoms with E-state index in [2.05, 4.69) is 35.5 Å². The summed E-state index contributed by atoms with van der Waals surface area (Å²) in [6, 6.07) is 8.86. The van der Waals surface area contributed by atoms with Crippen molar-refractivity contribution in [3.8, 4) is 0 Å². The van der Waals surface area contributed by atoms with Crippen molar-refractivity contribution in [1.82, 2.24) is 0 Å². The first kappa shape index (κ1) is 10.4. The minimum absolute atomic E-state index is 0.382. The number of fused-ring (bicyclic) bond motifs is 1. The maximum Gasteiger partial charge on any atom is 0.240 e. The predicted molar refractivity (Wildman–Crippen MR) is 69.9 cm³/mol. The van der Waals surface area contributed by atoms with Crippen molar-refractivity contribution in [2.75, 3.05) is 6.26 Å². The van der Waals surface area contributed by atoms with E-state index in [0.717, 1.165) is 0 Å². The van der Waals surface area contributed by atoms with Gasteiger partial charge in [-0.15, -0.1) is 0 Å². The van der Waals surface area contributed by atoms with Crippen molar-refractivity contribution >= 4 is 16.8 Å². The quantitative estimate of drug-likeness (QED) is 0.719. The Kier molecular flexibility index (Phi) is 2.55. The summed E-state index contributed by atoms with van der Waals surface area (Å²) in [5.41, 5.74) is 3.34. The lowest BCUT2D eigenvalue weighted by atomic mass is 9.85. The molecule has 1 aromatic rings. The van der Waals surface area contributed by atoms with E-state index < -0.39 is 0 Å². The molecule has 1 aliphatic heterocycles. The average molecular weight is 232 g/mol. The minimum atomic E-state index is 0.382. The summed E-state index contributed by atoms with van der Waals surface area (Å²) >= 11 is 1.85. The van der Waals surface area contributed by atoms with E-state index in [9.17, 15) is 0 Å². The summed E-state index contributed by atoms with van der Waals surface area (Å²) in [7, 11) is 0. The molecule has 0 amide bonds. The summed E-state index contributed by atoms with van der Waals surface area (Å²) in [6.07, 6.45) is 8.84. The highest BCUT2D eigenvalue weighted by Crippen LogP contribution is 2.32. The van der Waals surface area contributed by atoms with Crippen LogP contribution in [0, 0.1) is 0 Å². The molecule has 3 rings (SSSR count). The molecule has 2 heteroatoms. The van der Waals surface area contributed by atoms with Crippen LogP contribution in [-0.4, -0.2) is 16.8 Å². The van der Waals surface area contributed by atoms with Gasteiger partial charge in [0.25, 0.3) is 0 Å². The van der Waals surface area contributed by atoms with E-state index >= 15 is 0 Å². The van der Waals surface area contributed by atoms with Crippen molar-refractivity contribution in [3.63, 3.8) is 0 Å². The lowest BCUT2D eigenvalue weighted by Gasteiger charge is -2.25. The summed E-state index contributed by atoms with van der Waals surface area (Å²) in [4.78, 5) is 3.81. The molecule has 1 fully saturated rings. The zero-order valence-electron chi connectivity index (χ0n) is 9.75. The smallest absolute Gasteiger partial charge is 0.230 e. The molecule has 1 N–H and O–H groups in total. The molecule has 84 valence electrons. The van der Waals surface area contributed by atoms with Crippen molar-refractivity contribution in [2.24, 2.45) is 0 Å². The summed E-state index contributed by atoms with van der Waals surface area (Å²) in [5, 5.41) is 1.38. The Morgan fingerprint density at radius 1 is 1.19 bits per heavy atom. The number of thioether (sulfide) groups is 1. The Morgan fingerprint density at radius 3 is 2.69 bits per heavy atom. The van der Waals surface area contributed by atoms with Gasteiger partial charge in [-0.25, -0.2) is 4.99 Å². The van der Waals surface area contributed by atoms with Gasteiger partial charge in [0.1, 0.15) is 0 Å². The number of nitrogens with one attached hydrogen (secondary N) is 1. The third-order valence-electron chi connectivity index (χ3n) is 3.93. The lowest BCUT2D eigenvalue weighted by Crippen LogP contribution is -2.88. The van der Waals surface area contributed by atoms with E-state index in [0.29, 0.717) is 5.54 Å². The fourth-order valence-electron chi connectivity index (χ4n) is 3.13. The van der Waals surface area contributed by atoms with Crippen LogP contribution in [0.3, 0.4) is 0 Å². The molecule has 2 aliphatic rings. The second kappa shape index (κ2) is 3.92. The van der Waals surface area contributed by atoms with E-state index in [-0.39, 0.29) is 0 Å². The monoisotopic (exact) mass is 232 g/mol. The zero-order chi connectivity index (χ0) is 11.0. The van der Waals surface area contributed by atoms with Crippen LogP contribution >= 0.6 is 11.8 Å². The van der Waals surface area contributed by atoms with Crippen LogP contribution in [0.15, 0.2) is 24.3 Å². The van der Waals surface area contributed by atoms with E-state index in [1.807, 2.05) is 11.8 Å². The highest BCUT2D eigenvalue weighted by molar-refractivity contribution is 8.13. The number of rotatable bonds is 0. The molecule has 1 heterocycles. The van der Waals surface area contributed by atoms with Gasteiger partial charge in [0, 0.05) is 19.3 Å². The molecule has 16 heavy (non-hydrogen) atoms. The second-order valence-electron chi connectivity index (χ2n) is 4.98. The van der Waals surface area contributed by atoms with Gasteiger partial charge in [0.2, 0.25) is 5.04 Å². The van der Waals surface area contributed by atoms with Crippen molar-refractivity contribution < 1.29 is 4.99 Å². The molecular weight excluding hydrogens is 214 g/mol. The molecule has 1 aliphatic carbocycles. The first-order valence-electron chi connectivity index (χ1n) is 6.10. The second-order valence-corrected chi connectivity index (χ2v) is 5.80. The SMILES string of the molecule is CSC1=[NH+]C2(CCCC2)Cc2ccccc21. The Morgan fingerprint density at radius 2 is 1.94 bits per heavy atom. The minimum Gasteiger partial charge on any atom is -0.230 e. The lowest BCUT2D eigenvalue weighted by molar-refractivity contribution is -0.551. The highest BCUT2D eigenvalue weighted by Gasteiger charge is 2.43. The fourth-order valence-corrected chi connectivity index (χ4v) is 3.87. The summed E-state index contributed by atoms with van der Waals surface area (Å²) in [6.45, 7) is 0. The third kappa shape index (κ3) is 1.60. The molecule has 1 aromatic carbocycles. The normalized spacial score (nSPS) is 21.9. The first-order valence-corrected chi connectivity index (χ1v) is 7.33. The van der Waals surface area contributed by atoms with Crippen LogP contribution < -0.4 is 4.99 Å². The zero-order valence-corrected chi connectivity index (χ0v) is 10.6. The molecule has 0 atom stereocenters. The summed E-state index contributed by atoms with van der Waals surface area (Å²) < 4.78 is 0. The highest BCUT2D eigenvalue weighted by atomic mass is 32.2. The fraction of sp³-hybridized carbons (Fsp3) is 0.500. The molecule has 1 saturated carbocycles. The van der Waals surface area contributed by atoms with Gasteiger partial charge in [-0.05, 0) is 30.7 Å². The van der Waals surface area contributed by atoms with Gasteiger partial charge in [-0.3, -0.25) is 0 Å². The first-order chi connectivity index (χ1) is 7.83. The van der Waals surface area contributed by atoms with Crippen LogP contribution in [0.1, 0.15) is 36.8 Å². The maximum atomic E-state index is 3.81. The van der Waals surface area contributed by atoms with Crippen LogP contribution in [0.4, 0.5) is 0 Å². The standard InChI is InChI=1S/C14H17NS/c1-16-13-12-7-3-2-6-11(12)10-14(15-13)8-4-5-9-14/h2-3,6-7H,4-5,8-10H2,1H3/p+1. The van der Waals surface area contributed by atoms with Crippen molar-refractivity contribution in [1.29, 1.82) is 0 Å². The molecular formula is C14H18NS+. The van der Waals surface area contributed by atoms with Crippen molar-refractivity contribution in [3.05, 3.63) is 35.4 Å². The Hall–Kier alpha value is -0.760. The number of hydrogen-bond acceptors (Lipinski definition) is 1. The van der Waals surface area contributed by atoms with Gasteiger partial charge in [0.05, 0.1) is 5.56 Å². The summed E-state index contributed by atoms with van der Waals surface area (Å²) in [5.74, 6) is 0. The number of hydrogen-bond donors (Lipinski definition) is 1. The van der Waals surface area contributed by atoms with Gasteiger partial charge in [0.15, 0.2) is 5.54 Å². The van der Waals surface area contributed by atoms with E-state index in [1.54, 1.807) is 0 Å². The molecule has 0 bridgehead atoms. The van der Waals surface area contributed by atoms with E-state index in [4.69, 9.17) is 0 Å². The predicted octanol–water partition coefficient (Wildman–Crippen LogP) is 1.75. The van der Waals surface area contributed by atoms with Crippen LogP contribution in [0.5, 0.6) is 0 Å². The molecule has 1 spiro atoms. The van der Waals surface area contributed by atoms with Crippen molar-refractivity contribution in [2.45, 2.75) is 37.6 Å². The largest absolute Gasteiger partial charge is 0.240 e. The van der Waals surface area contributed by atoms with Gasteiger partial charge in [-0.1, -0.05) is 30.0 Å². The third-order valence-corrected chi connectivity index (χ3v) is 4.66. The van der Waals surface area contributed by atoms with E-state index in [1.165, 1.54) is 48.3 Å². The van der Waals surface area contributed by atoms with Crippen LogP contribution in [0.25, 0.3) is 0 Å². The van der Waals surface area contributed by atoms with Gasteiger partial charge in [-0.2, -0.15) is 0 Å². The molecule has 0 aromatic heterocycles. The van der Waals surface area contributed by atoms with Gasteiger partial charge < -0.3 is 0 Å². The maximum absolute atomic E-state index is 3.81. The number of benzene rings is 1. The topological polar surface area (TPSA) is 14.0 Å². The average Bonchev–Trinajstić information content (AvgIpc) is 2.76.